The van der Waals surface area contributed by atoms with Crippen LogP contribution in [0.15, 0.2) is 24.3 Å². The van der Waals surface area contributed by atoms with Gasteiger partial charge in [0, 0.05) is 6.42 Å². The quantitative estimate of drug-likeness (QED) is 0.184. The van der Waals surface area contributed by atoms with Crippen LogP contribution in [-0.4, -0.2) is 70.1 Å². The molecule has 4 unspecified atom stereocenters. The zero-order valence-electron chi connectivity index (χ0n) is 22.3. The number of carbonyl (C=O) groups is 4. The molecule has 0 saturated carbocycles. The van der Waals surface area contributed by atoms with Crippen molar-refractivity contribution in [3.05, 3.63) is 29.8 Å². The van der Waals surface area contributed by atoms with E-state index in [0.29, 0.717) is 24.2 Å². The van der Waals surface area contributed by atoms with Crippen LogP contribution in [0, 0.1) is 11.8 Å². The highest BCUT2D eigenvalue weighted by atomic mass is 32.2. The van der Waals surface area contributed by atoms with E-state index in [1.54, 1.807) is 12.1 Å². The number of benzene rings is 1. The first-order valence-electron chi connectivity index (χ1n) is 12.5. The third-order valence-electron chi connectivity index (χ3n) is 5.64. The second-order valence-electron chi connectivity index (χ2n) is 10.0. The zero-order chi connectivity index (χ0) is 28.1. The van der Waals surface area contributed by atoms with E-state index in [1.807, 2.05) is 34.0 Å². The molecule has 0 heterocycles. The van der Waals surface area contributed by atoms with E-state index in [9.17, 15) is 29.4 Å². The molecule has 1 aromatic rings. The number of thioether (sulfide) groups is 1. The molecular weight excluding hydrogens is 496 g/mol. The normalized spacial score (nSPS) is 14.5. The molecule has 37 heavy (non-hydrogen) atoms. The summed E-state index contributed by atoms with van der Waals surface area (Å²) in [7, 11) is 0. The van der Waals surface area contributed by atoms with E-state index in [1.165, 1.54) is 23.9 Å². The fourth-order valence-corrected chi connectivity index (χ4v) is 4.18. The lowest BCUT2D eigenvalue weighted by molar-refractivity contribution is -0.142. The molecule has 0 aliphatic carbocycles. The Balaban J connectivity index is 3.13. The van der Waals surface area contributed by atoms with Gasteiger partial charge in [-0.05, 0) is 60.8 Å². The van der Waals surface area contributed by atoms with Gasteiger partial charge in [-0.2, -0.15) is 11.8 Å². The summed E-state index contributed by atoms with van der Waals surface area (Å²) in [5.74, 6) is -1.97. The number of phenolic OH excluding ortho intramolecular Hbond substituents is 1. The highest BCUT2D eigenvalue weighted by Gasteiger charge is 2.30. The van der Waals surface area contributed by atoms with Gasteiger partial charge in [-0.1, -0.05) is 39.8 Å². The van der Waals surface area contributed by atoms with Crippen LogP contribution in [0.3, 0.4) is 0 Å². The average molecular weight is 539 g/mol. The van der Waals surface area contributed by atoms with E-state index in [-0.39, 0.29) is 30.4 Å². The standard InChI is InChI=1S/C26H42N4O6S/c1-15(2)12-19(27)23(32)28-20(10-11-37-5)24(33)29-21(14-17-6-8-18(31)9-7-17)25(34)30-22(26(35)36)13-16(3)4/h6-9,15-16,19-22,31H,10-14,27H2,1-5H3,(H,28,32)(H,29,33)(H,30,34)(H,35,36). The summed E-state index contributed by atoms with van der Waals surface area (Å²) in [4.78, 5) is 50.8. The van der Waals surface area contributed by atoms with Gasteiger partial charge < -0.3 is 31.9 Å². The smallest absolute Gasteiger partial charge is 0.326 e. The van der Waals surface area contributed by atoms with Crippen molar-refractivity contribution in [1.29, 1.82) is 0 Å². The van der Waals surface area contributed by atoms with Crippen LogP contribution in [0.1, 0.15) is 52.5 Å². The highest BCUT2D eigenvalue weighted by Crippen LogP contribution is 2.13. The summed E-state index contributed by atoms with van der Waals surface area (Å²) in [6, 6.07) is 2.24. The van der Waals surface area contributed by atoms with Gasteiger partial charge in [0.1, 0.15) is 23.9 Å². The van der Waals surface area contributed by atoms with Crippen molar-refractivity contribution in [2.75, 3.05) is 12.0 Å². The third-order valence-corrected chi connectivity index (χ3v) is 6.28. The second kappa shape index (κ2) is 16.1. The molecule has 11 heteroatoms. The molecule has 0 bridgehead atoms. The molecule has 1 aromatic carbocycles. The molecule has 0 saturated heterocycles. The van der Waals surface area contributed by atoms with Crippen molar-refractivity contribution in [2.24, 2.45) is 17.6 Å². The lowest BCUT2D eigenvalue weighted by Gasteiger charge is -2.26. The van der Waals surface area contributed by atoms with Gasteiger partial charge >= 0.3 is 5.97 Å². The molecule has 10 nitrogen and oxygen atoms in total. The molecule has 0 aliphatic heterocycles. The minimum Gasteiger partial charge on any atom is -0.508 e. The van der Waals surface area contributed by atoms with Crippen molar-refractivity contribution in [3.63, 3.8) is 0 Å². The fourth-order valence-electron chi connectivity index (χ4n) is 3.71. The molecule has 1 rings (SSSR count). The predicted octanol–water partition coefficient (Wildman–Crippen LogP) is 1.65. The molecule has 0 fully saturated rings. The molecular formula is C26H42N4O6S. The summed E-state index contributed by atoms with van der Waals surface area (Å²) >= 11 is 1.51. The predicted molar refractivity (Wildman–Crippen MR) is 145 cm³/mol. The molecule has 208 valence electrons. The number of phenols is 1. The van der Waals surface area contributed by atoms with Crippen LogP contribution in [0.5, 0.6) is 5.75 Å². The molecule has 0 aliphatic rings. The van der Waals surface area contributed by atoms with Crippen LogP contribution < -0.4 is 21.7 Å². The van der Waals surface area contributed by atoms with Crippen molar-refractivity contribution in [1.82, 2.24) is 16.0 Å². The maximum absolute atomic E-state index is 13.3. The molecule has 0 radical (unpaired) electrons. The number of carboxylic acid groups (broad SMARTS) is 1. The number of aromatic hydroxyl groups is 1. The first kappa shape index (κ1) is 32.2. The molecule has 4 atom stereocenters. The Morgan fingerprint density at radius 3 is 1.86 bits per heavy atom. The average Bonchev–Trinajstić information content (AvgIpc) is 2.81. The topological polar surface area (TPSA) is 171 Å². The van der Waals surface area contributed by atoms with Crippen LogP contribution in [0.4, 0.5) is 0 Å². The monoisotopic (exact) mass is 538 g/mol. The van der Waals surface area contributed by atoms with Crippen LogP contribution in [0.25, 0.3) is 0 Å². The molecule has 0 aromatic heterocycles. The van der Waals surface area contributed by atoms with E-state index >= 15 is 0 Å². The Hall–Kier alpha value is -2.79. The largest absolute Gasteiger partial charge is 0.508 e. The number of carboxylic acids is 1. The molecule has 7 N–H and O–H groups in total. The Morgan fingerprint density at radius 2 is 1.35 bits per heavy atom. The lowest BCUT2D eigenvalue weighted by Crippen LogP contribution is -2.57. The van der Waals surface area contributed by atoms with E-state index in [2.05, 4.69) is 16.0 Å². The Bertz CT molecular complexity index is 894. The van der Waals surface area contributed by atoms with Crippen LogP contribution >= 0.6 is 11.8 Å². The fraction of sp³-hybridized carbons (Fsp3) is 0.615. The molecule has 0 spiro atoms. The van der Waals surface area contributed by atoms with Crippen molar-refractivity contribution < 1.29 is 29.4 Å². The van der Waals surface area contributed by atoms with E-state index in [4.69, 9.17) is 5.73 Å². The number of nitrogens with two attached hydrogens (primary N) is 1. The number of carbonyl (C=O) groups excluding carboxylic acids is 3. The summed E-state index contributed by atoms with van der Waals surface area (Å²) in [6.45, 7) is 7.59. The number of nitrogens with one attached hydrogen (secondary N) is 3. The highest BCUT2D eigenvalue weighted by molar-refractivity contribution is 7.98. The number of rotatable bonds is 16. The van der Waals surface area contributed by atoms with Crippen molar-refractivity contribution in [2.45, 2.75) is 77.5 Å². The minimum atomic E-state index is -1.17. The summed E-state index contributed by atoms with van der Waals surface area (Å²) in [6.07, 6.45) is 2.94. The van der Waals surface area contributed by atoms with Gasteiger partial charge in [-0.15, -0.1) is 0 Å². The van der Waals surface area contributed by atoms with E-state index in [0.717, 1.165) is 0 Å². The summed E-state index contributed by atoms with van der Waals surface area (Å²) in [5.41, 5.74) is 6.64. The Kier molecular flexibility index (Phi) is 14.1. The van der Waals surface area contributed by atoms with Gasteiger partial charge in [0.2, 0.25) is 17.7 Å². The molecule has 3 amide bonds. The number of hydrogen-bond donors (Lipinski definition) is 6. The SMILES string of the molecule is CSCCC(NC(=O)C(N)CC(C)C)C(=O)NC(Cc1ccc(O)cc1)C(=O)NC(CC(C)C)C(=O)O. The summed E-state index contributed by atoms with van der Waals surface area (Å²) in [5, 5.41) is 27.1. The number of amides is 3. The minimum absolute atomic E-state index is 0.0210. The first-order chi connectivity index (χ1) is 17.3. The lowest BCUT2D eigenvalue weighted by atomic mass is 10.0. The second-order valence-corrected chi connectivity index (χ2v) is 11.0. The van der Waals surface area contributed by atoms with Gasteiger partial charge in [0.15, 0.2) is 0 Å². The summed E-state index contributed by atoms with van der Waals surface area (Å²) < 4.78 is 0. The van der Waals surface area contributed by atoms with Crippen molar-refractivity contribution >= 4 is 35.5 Å². The van der Waals surface area contributed by atoms with Gasteiger partial charge in [-0.3, -0.25) is 14.4 Å². The Morgan fingerprint density at radius 1 is 0.838 bits per heavy atom. The Labute approximate surface area is 223 Å². The maximum atomic E-state index is 13.3. The number of hydrogen-bond acceptors (Lipinski definition) is 7. The van der Waals surface area contributed by atoms with Crippen LogP contribution in [0.2, 0.25) is 0 Å². The van der Waals surface area contributed by atoms with Crippen LogP contribution in [-0.2, 0) is 25.6 Å². The first-order valence-corrected chi connectivity index (χ1v) is 13.9. The van der Waals surface area contributed by atoms with Gasteiger partial charge in [-0.25, -0.2) is 4.79 Å². The van der Waals surface area contributed by atoms with E-state index < -0.39 is 47.9 Å². The third kappa shape index (κ3) is 12.3. The van der Waals surface area contributed by atoms with Gasteiger partial charge in [0.25, 0.3) is 0 Å². The maximum Gasteiger partial charge on any atom is 0.326 e. The van der Waals surface area contributed by atoms with Gasteiger partial charge in [0.05, 0.1) is 6.04 Å². The van der Waals surface area contributed by atoms with Crippen molar-refractivity contribution in [3.8, 4) is 5.75 Å². The number of aliphatic carboxylic acids is 1. The zero-order valence-corrected chi connectivity index (χ0v) is 23.1.